The fourth-order valence-corrected chi connectivity index (χ4v) is 4.55. The van der Waals surface area contributed by atoms with Gasteiger partial charge < -0.3 is 5.32 Å². The Morgan fingerprint density at radius 3 is 2.41 bits per heavy atom. The number of Topliss-reactive ketones (excluding diaryl/α,β-unsaturated/α-hetero) is 1. The summed E-state index contributed by atoms with van der Waals surface area (Å²) in [5.74, 6) is 0.633. The van der Waals surface area contributed by atoms with E-state index in [0.717, 1.165) is 18.6 Å². The summed E-state index contributed by atoms with van der Waals surface area (Å²) < 4.78 is 0. The topological polar surface area (TPSA) is 83.6 Å². The number of ketones is 1. The normalized spacial score (nSPS) is 18.4. The molecule has 1 aliphatic heterocycles. The molecule has 0 aromatic heterocycles. The lowest BCUT2D eigenvalue weighted by Crippen LogP contribution is -2.43. The first kappa shape index (κ1) is 25.7. The van der Waals surface area contributed by atoms with Gasteiger partial charge in [-0.2, -0.15) is 0 Å². The number of amides is 3. The van der Waals surface area contributed by atoms with Crippen molar-refractivity contribution in [3.63, 3.8) is 0 Å². The predicted octanol–water partition coefficient (Wildman–Crippen LogP) is 3.57. The van der Waals surface area contributed by atoms with Crippen LogP contribution in [0.5, 0.6) is 0 Å². The van der Waals surface area contributed by atoms with Gasteiger partial charge in [0.2, 0.25) is 17.7 Å². The molecule has 6 nitrogen and oxygen atoms in total. The minimum atomic E-state index is -0.436. The van der Waals surface area contributed by atoms with Gasteiger partial charge in [-0.1, -0.05) is 47.5 Å². The maximum Gasteiger partial charge on any atom is 0.242 e. The molecule has 1 aliphatic rings. The lowest BCUT2D eigenvalue weighted by Gasteiger charge is -2.23. The Morgan fingerprint density at radius 1 is 1.21 bits per heavy atom. The molecule has 0 radical (unpaired) electrons. The van der Waals surface area contributed by atoms with Crippen LogP contribution in [0.3, 0.4) is 0 Å². The second-order valence-electron chi connectivity index (χ2n) is 9.12. The van der Waals surface area contributed by atoms with Crippen molar-refractivity contribution in [3.05, 3.63) is 0 Å². The van der Waals surface area contributed by atoms with E-state index in [4.69, 9.17) is 0 Å². The minimum absolute atomic E-state index is 0.0332. The second kappa shape index (κ2) is 11.7. The van der Waals surface area contributed by atoms with Crippen molar-refractivity contribution in [1.29, 1.82) is 0 Å². The molecule has 0 aliphatic carbocycles. The summed E-state index contributed by atoms with van der Waals surface area (Å²) in [7, 11) is 0. The van der Waals surface area contributed by atoms with Crippen LogP contribution in [0.2, 0.25) is 0 Å². The number of carbonyl (C=O) groups excluding carboxylic acids is 4. The van der Waals surface area contributed by atoms with E-state index in [-0.39, 0.29) is 40.1 Å². The average molecular weight is 427 g/mol. The van der Waals surface area contributed by atoms with Crippen LogP contribution in [-0.2, 0) is 19.2 Å². The highest BCUT2D eigenvalue weighted by molar-refractivity contribution is 8.00. The molecule has 3 amide bonds. The quantitative estimate of drug-likeness (QED) is 0.359. The summed E-state index contributed by atoms with van der Waals surface area (Å²) >= 11 is 1.60. The number of nitrogens with zero attached hydrogens (tertiary/aromatic N) is 1. The van der Waals surface area contributed by atoms with Crippen molar-refractivity contribution in [2.45, 2.75) is 91.4 Å². The van der Waals surface area contributed by atoms with E-state index in [1.807, 2.05) is 13.8 Å². The van der Waals surface area contributed by atoms with Crippen LogP contribution in [0, 0.1) is 11.3 Å². The number of hydrogen-bond donors (Lipinski definition) is 1. The van der Waals surface area contributed by atoms with Crippen molar-refractivity contribution in [1.82, 2.24) is 10.2 Å². The number of carbonyl (C=O) groups is 4. The molecule has 29 heavy (non-hydrogen) atoms. The van der Waals surface area contributed by atoms with E-state index >= 15 is 0 Å². The molecule has 1 saturated heterocycles. The van der Waals surface area contributed by atoms with Gasteiger partial charge in [0.25, 0.3) is 0 Å². The highest BCUT2D eigenvalue weighted by Gasteiger charge is 2.39. The lowest BCUT2D eigenvalue weighted by atomic mass is 9.93. The lowest BCUT2D eigenvalue weighted by molar-refractivity contribution is -0.138. The van der Waals surface area contributed by atoms with Gasteiger partial charge in [0, 0.05) is 19.4 Å². The van der Waals surface area contributed by atoms with Crippen molar-refractivity contribution in [3.8, 4) is 0 Å². The van der Waals surface area contributed by atoms with Gasteiger partial charge in [0.1, 0.15) is 0 Å². The van der Waals surface area contributed by atoms with Crippen LogP contribution in [0.4, 0.5) is 0 Å². The predicted molar refractivity (Wildman–Crippen MR) is 118 cm³/mol. The third-order valence-corrected chi connectivity index (χ3v) is 7.26. The van der Waals surface area contributed by atoms with Gasteiger partial charge in [-0.25, -0.2) is 0 Å². The van der Waals surface area contributed by atoms with Gasteiger partial charge in [-0.15, -0.1) is 11.8 Å². The Balaban J connectivity index is 2.32. The molecular weight excluding hydrogens is 388 g/mol. The summed E-state index contributed by atoms with van der Waals surface area (Å²) in [6.07, 6.45) is 3.82. The van der Waals surface area contributed by atoms with Crippen LogP contribution in [0.25, 0.3) is 0 Å². The average Bonchev–Trinajstić information content (AvgIpc) is 2.91. The fraction of sp³-hybridized carbons (Fsp3) is 0.818. The standard InChI is InChI=1S/C22H38N2O4S/c1-7-22(5,6)14-29-17-13-19(27)24(21(17)28)12-10-8-9-11-18(26)23-20(15(2)3)16(4)25/h15,17,20H,7-14H2,1-6H3,(H,23,26)/t17?,20-/m0/s1. The molecule has 7 heteroatoms. The minimum Gasteiger partial charge on any atom is -0.346 e. The van der Waals surface area contributed by atoms with Gasteiger partial charge in [-0.05, 0) is 36.9 Å². The van der Waals surface area contributed by atoms with Crippen LogP contribution in [0.1, 0.15) is 80.1 Å². The molecule has 0 aromatic carbocycles. The van der Waals surface area contributed by atoms with Crippen molar-refractivity contribution < 1.29 is 19.2 Å². The fourth-order valence-electron chi connectivity index (χ4n) is 3.16. The van der Waals surface area contributed by atoms with Crippen LogP contribution in [0.15, 0.2) is 0 Å². The Hall–Kier alpha value is -1.37. The number of rotatable bonds is 13. The largest absolute Gasteiger partial charge is 0.346 e. The summed E-state index contributed by atoms with van der Waals surface area (Å²) in [5.41, 5.74) is 0.166. The van der Waals surface area contributed by atoms with E-state index in [0.29, 0.717) is 32.2 Å². The number of imide groups is 1. The molecule has 1 N–H and O–H groups in total. The number of likely N-dealkylation sites (tertiary alicyclic amines) is 1. The Labute approximate surface area is 179 Å². The van der Waals surface area contributed by atoms with Crippen LogP contribution < -0.4 is 5.32 Å². The van der Waals surface area contributed by atoms with E-state index < -0.39 is 6.04 Å². The maximum atomic E-state index is 12.5. The molecule has 0 saturated carbocycles. The summed E-state index contributed by atoms with van der Waals surface area (Å²) in [5, 5.41) is 2.54. The highest BCUT2D eigenvalue weighted by atomic mass is 32.2. The summed E-state index contributed by atoms with van der Waals surface area (Å²) in [4.78, 5) is 49.7. The van der Waals surface area contributed by atoms with Crippen molar-refractivity contribution in [2.75, 3.05) is 12.3 Å². The zero-order chi connectivity index (χ0) is 22.2. The third kappa shape index (κ3) is 8.49. The molecule has 2 atom stereocenters. The summed E-state index contributed by atoms with van der Waals surface area (Å²) in [6, 6.07) is -0.436. The molecule has 1 unspecified atom stereocenters. The molecule has 0 spiro atoms. The number of unbranched alkanes of at least 4 members (excludes halogenated alkanes) is 2. The molecule has 0 bridgehead atoms. The van der Waals surface area contributed by atoms with Gasteiger partial charge in [0.15, 0.2) is 5.78 Å². The first-order valence-electron chi connectivity index (χ1n) is 10.7. The maximum absolute atomic E-state index is 12.5. The number of hydrogen-bond acceptors (Lipinski definition) is 5. The molecule has 1 rings (SSSR count). The SMILES string of the molecule is CCC(C)(C)CSC1CC(=O)N(CCCCCC(=O)N[C@H](C(C)=O)C(C)C)C1=O. The first-order valence-corrected chi connectivity index (χ1v) is 11.8. The smallest absolute Gasteiger partial charge is 0.242 e. The second-order valence-corrected chi connectivity index (χ2v) is 10.3. The molecule has 1 fully saturated rings. The molecule has 0 aromatic rings. The van der Waals surface area contributed by atoms with E-state index in [9.17, 15) is 19.2 Å². The van der Waals surface area contributed by atoms with Gasteiger partial charge in [0.05, 0.1) is 11.3 Å². The zero-order valence-corrected chi connectivity index (χ0v) is 19.7. The van der Waals surface area contributed by atoms with E-state index in [2.05, 4.69) is 26.1 Å². The first-order chi connectivity index (χ1) is 13.5. The molecular formula is C22H38N2O4S. The van der Waals surface area contributed by atoms with Crippen molar-refractivity contribution >= 4 is 35.3 Å². The van der Waals surface area contributed by atoms with Gasteiger partial charge in [-0.3, -0.25) is 24.1 Å². The van der Waals surface area contributed by atoms with E-state index in [1.165, 1.54) is 11.8 Å². The Kier molecular flexibility index (Phi) is 10.4. The Bertz CT molecular complexity index is 604. The number of nitrogens with one attached hydrogen (secondary N) is 1. The third-order valence-electron chi connectivity index (χ3n) is 5.54. The Morgan fingerprint density at radius 2 is 1.86 bits per heavy atom. The highest BCUT2D eigenvalue weighted by Crippen LogP contribution is 2.32. The van der Waals surface area contributed by atoms with Gasteiger partial charge >= 0.3 is 0 Å². The van der Waals surface area contributed by atoms with Crippen molar-refractivity contribution in [2.24, 2.45) is 11.3 Å². The monoisotopic (exact) mass is 426 g/mol. The molecule has 1 heterocycles. The number of thioether (sulfide) groups is 1. The zero-order valence-electron chi connectivity index (χ0n) is 18.9. The van der Waals surface area contributed by atoms with E-state index in [1.54, 1.807) is 11.8 Å². The van der Waals surface area contributed by atoms with Crippen LogP contribution in [-0.4, -0.2) is 52.0 Å². The molecule has 166 valence electrons. The summed E-state index contributed by atoms with van der Waals surface area (Å²) in [6.45, 7) is 12.2. The van der Waals surface area contributed by atoms with Crippen LogP contribution >= 0.6 is 11.8 Å².